The molecule has 2 heterocycles. The molecule has 0 spiro atoms. The summed E-state index contributed by atoms with van der Waals surface area (Å²) in [5.41, 5.74) is 4.23. The van der Waals surface area contributed by atoms with Gasteiger partial charge < -0.3 is 19.9 Å². The number of amides is 1. The number of carbonyl (C=O) groups excluding carboxylic acids is 1. The van der Waals surface area contributed by atoms with Gasteiger partial charge in [0, 0.05) is 61.2 Å². The molecule has 6 heteroatoms. The van der Waals surface area contributed by atoms with Gasteiger partial charge in [0.2, 0.25) is 0 Å². The Labute approximate surface area is 171 Å². The molecule has 4 rings (SSSR count). The Balaban J connectivity index is 1.30. The summed E-state index contributed by atoms with van der Waals surface area (Å²) in [6.45, 7) is 6.09. The second kappa shape index (κ2) is 9.34. The van der Waals surface area contributed by atoms with E-state index in [0.717, 1.165) is 50.6 Å². The molecule has 0 aromatic heterocycles. The molecule has 2 aliphatic heterocycles. The van der Waals surface area contributed by atoms with Crippen LogP contribution in [0, 0.1) is 0 Å². The number of hydrogen-bond acceptors (Lipinski definition) is 5. The molecule has 0 aliphatic carbocycles. The van der Waals surface area contributed by atoms with Gasteiger partial charge >= 0.3 is 0 Å². The van der Waals surface area contributed by atoms with Crippen molar-refractivity contribution < 1.29 is 9.53 Å². The van der Waals surface area contributed by atoms with E-state index in [0.29, 0.717) is 12.1 Å². The lowest BCUT2D eigenvalue weighted by Gasteiger charge is -2.28. The molecular weight excluding hydrogens is 370 g/mol. The van der Waals surface area contributed by atoms with E-state index in [1.807, 2.05) is 36.0 Å². The van der Waals surface area contributed by atoms with Crippen LogP contribution in [-0.2, 0) is 11.3 Å². The van der Waals surface area contributed by atoms with Crippen LogP contribution in [0.5, 0.6) is 0 Å². The van der Waals surface area contributed by atoms with Crippen molar-refractivity contribution in [3.8, 4) is 0 Å². The topological polar surface area (TPSA) is 44.8 Å². The average molecular weight is 398 g/mol. The number of nitrogens with zero attached hydrogens (tertiary/aromatic N) is 2. The van der Waals surface area contributed by atoms with Gasteiger partial charge in [0.25, 0.3) is 5.91 Å². The maximum atomic E-state index is 12.5. The first-order valence-electron chi connectivity index (χ1n) is 9.92. The predicted molar refractivity (Wildman–Crippen MR) is 117 cm³/mol. The van der Waals surface area contributed by atoms with E-state index in [-0.39, 0.29) is 5.91 Å². The van der Waals surface area contributed by atoms with Crippen molar-refractivity contribution in [3.63, 3.8) is 0 Å². The number of anilines is 2. The summed E-state index contributed by atoms with van der Waals surface area (Å²) in [5, 5.41) is 3.02. The van der Waals surface area contributed by atoms with Gasteiger partial charge in [0.05, 0.1) is 13.2 Å². The number of ether oxygens (including phenoxy) is 1. The fourth-order valence-electron chi connectivity index (χ4n) is 3.58. The van der Waals surface area contributed by atoms with Crippen LogP contribution in [0.1, 0.15) is 15.9 Å². The molecule has 2 aliphatic rings. The fraction of sp³-hybridized carbons (Fsp3) is 0.409. The van der Waals surface area contributed by atoms with Crippen molar-refractivity contribution in [1.29, 1.82) is 0 Å². The number of carbonyl (C=O) groups is 1. The molecule has 1 amide bonds. The third-order valence-electron chi connectivity index (χ3n) is 5.27. The summed E-state index contributed by atoms with van der Waals surface area (Å²) >= 11 is 2.02. The molecular formula is C22H27N3O2S. The average Bonchev–Trinajstić information content (AvgIpc) is 2.79. The Morgan fingerprint density at radius 2 is 1.43 bits per heavy atom. The van der Waals surface area contributed by atoms with E-state index in [1.165, 1.54) is 17.2 Å². The van der Waals surface area contributed by atoms with E-state index in [1.54, 1.807) is 0 Å². The Bertz CT molecular complexity index is 767. The maximum absolute atomic E-state index is 12.5. The van der Waals surface area contributed by atoms with Crippen molar-refractivity contribution in [2.75, 3.05) is 60.7 Å². The van der Waals surface area contributed by atoms with Gasteiger partial charge in [-0.1, -0.05) is 12.1 Å². The molecule has 148 valence electrons. The number of thioether (sulfide) groups is 1. The molecule has 2 fully saturated rings. The van der Waals surface area contributed by atoms with Crippen LogP contribution in [0.4, 0.5) is 11.4 Å². The number of benzene rings is 2. The highest BCUT2D eigenvalue weighted by molar-refractivity contribution is 7.99. The molecule has 2 aromatic carbocycles. The van der Waals surface area contributed by atoms with E-state index in [4.69, 9.17) is 4.74 Å². The van der Waals surface area contributed by atoms with E-state index >= 15 is 0 Å². The highest BCUT2D eigenvalue weighted by Gasteiger charge is 2.13. The minimum absolute atomic E-state index is 0.0364. The third-order valence-corrected chi connectivity index (χ3v) is 6.21. The summed E-state index contributed by atoms with van der Waals surface area (Å²) < 4.78 is 5.39. The summed E-state index contributed by atoms with van der Waals surface area (Å²) in [4.78, 5) is 17.2. The van der Waals surface area contributed by atoms with Crippen molar-refractivity contribution in [2.45, 2.75) is 6.54 Å². The van der Waals surface area contributed by atoms with Crippen LogP contribution in [0.15, 0.2) is 48.5 Å². The first-order valence-corrected chi connectivity index (χ1v) is 11.1. The zero-order valence-corrected chi connectivity index (χ0v) is 16.9. The van der Waals surface area contributed by atoms with Crippen molar-refractivity contribution >= 4 is 29.0 Å². The standard InChI is InChI=1S/C22H27N3O2S/c26-22(19-3-7-21(8-4-19)24-9-13-27-14-10-24)23-17-18-1-5-20(6-2-18)25-11-15-28-16-12-25/h1-8H,9-17H2,(H,23,26). The predicted octanol–water partition coefficient (Wildman–Crippen LogP) is 3.01. The van der Waals surface area contributed by atoms with Gasteiger partial charge in [-0.15, -0.1) is 0 Å². The van der Waals surface area contributed by atoms with E-state index < -0.39 is 0 Å². The maximum Gasteiger partial charge on any atom is 0.251 e. The first kappa shape index (κ1) is 19.2. The van der Waals surface area contributed by atoms with Crippen LogP contribution in [0.3, 0.4) is 0 Å². The molecule has 0 atom stereocenters. The Morgan fingerprint density at radius 3 is 2.07 bits per heavy atom. The molecule has 1 N–H and O–H groups in total. The lowest BCUT2D eigenvalue weighted by atomic mass is 10.1. The Morgan fingerprint density at radius 1 is 0.857 bits per heavy atom. The highest BCUT2D eigenvalue weighted by atomic mass is 32.2. The van der Waals surface area contributed by atoms with Gasteiger partial charge in [-0.25, -0.2) is 0 Å². The fourth-order valence-corrected chi connectivity index (χ4v) is 4.48. The van der Waals surface area contributed by atoms with Crippen LogP contribution in [-0.4, -0.2) is 56.8 Å². The zero-order chi connectivity index (χ0) is 19.2. The zero-order valence-electron chi connectivity index (χ0n) is 16.1. The number of morpholine rings is 1. The molecule has 0 saturated carbocycles. The van der Waals surface area contributed by atoms with Crippen molar-refractivity contribution in [3.05, 3.63) is 59.7 Å². The quantitative estimate of drug-likeness (QED) is 0.840. The normalized spacial score (nSPS) is 17.4. The number of hydrogen-bond donors (Lipinski definition) is 1. The summed E-state index contributed by atoms with van der Waals surface area (Å²) in [7, 11) is 0. The summed E-state index contributed by atoms with van der Waals surface area (Å²) in [6.07, 6.45) is 0. The monoisotopic (exact) mass is 397 g/mol. The first-order chi connectivity index (χ1) is 13.8. The third kappa shape index (κ3) is 4.80. The van der Waals surface area contributed by atoms with Crippen LogP contribution >= 0.6 is 11.8 Å². The van der Waals surface area contributed by atoms with E-state index in [9.17, 15) is 4.79 Å². The summed E-state index contributed by atoms with van der Waals surface area (Å²) in [5.74, 6) is 2.36. The van der Waals surface area contributed by atoms with Gasteiger partial charge in [0.15, 0.2) is 0 Å². The molecule has 0 radical (unpaired) electrons. The Hall–Kier alpha value is -2.18. The van der Waals surface area contributed by atoms with Gasteiger partial charge in [-0.3, -0.25) is 4.79 Å². The van der Waals surface area contributed by atoms with Gasteiger partial charge in [0.1, 0.15) is 0 Å². The van der Waals surface area contributed by atoms with Crippen LogP contribution in [0.2, 0.25) is 0 Å². The largest absolute Gasteiger partial charge is 0.378 e. The Kier molecular flexibility index (Phi) is 6.39. The van der Waals surface area contributed by atoms with Crippen LogP contribution in [0.25, 0.3) is 0 Å². The molecule has 0 unspecified atom stereocenters. The molecule has 28 heavy (non-hydrogen) atoms. The highest BCUT2D eigenvalue weighted by Crippen LogP contribution is 2.20. The summed E-state index contributed by atoms with van der Waals surface area (Å²) in [6, 6.07) is 16.4. The molecule has 0 bridgehead atoms. The van der Waals surface area contributed by atoms with E-state index in [2.05, 4.69) is 39.4 Å². The second-order valence-electron chi connectivity index (χ2n) is 7.09. The number of nitrogens with one attached hydrogen (secondary N) is 1. The van der Waals surface area contributed by atoms with Crippen LogP contribution < -0.4 is 15.1 Å². The van der Waals surface area contributed by atoms with Crippen molar-refractivity contribution in [2.24, 2.45) is 0 Å². The smallest absolute Gasteiger partial charge is 0.251 e. The van der Waals surface area contributed by atoms with Gasteiger partial charge in [-0.05, 0) is 42.0 Å². The SMILES string of the molecule is O=C(NCc1ccc(N2CCSCC2)cc1)c1ccc(N2CCOCC2)cc1. The van der Waals surface area contributed by atoms with Gasteiger partial charge in [-0.2, -0.15) is 11.8 Å². The number of rotatable bonds is 5. The lowest BCUT2D eigenvalue weighted by molar-refractivity contribution is 0.0951. The minimum atomic E-state index is -0.0364. The molecule has 2 aromatic rings. The molecule has 5 nitrogen and oxygen atoms in total. The molecule has 2 saturated heterocycles. The second-order valence-corrected chi connectivity index (χ2v) is 8.32. The minimum Gasteiger partial charge on any atom is -0.378 e. The lowest BCUT2D eigenvalue weighted by Crippen LogP contribution is -2.36. The van der Waals surface area contributed by atoms with Crippen molar-refractivity contribution in [1.82, 2.24) is 5.32 Å².